The van der Waals surface area contributed by atoms with Gasteiger partial charge in [-0.05, 0) is 57.9 Å². The van der Waals surface area contributed by atoms with Gasteiger partial charge in [0.1, 0.15) is 6.04 Å². The molecular weight excluding hydrogens is 451 g/mol. The summed E-state index contributed by atoms with van der Waals surface area (Å²) in [6.07, 6.45) is 0. The first-order valence-electron chi connectivity index (χ1n) is 10.1. The molecule has 4 nitrogen and oxygen atoms in total. The van der Waals surface area contributed by atoms with E-state index in [1.165, 1.54) is 22.9 Å². The number of benzene rings is 2. The zero-order valence-electron chi connectivity index (χ0n) is 18.7. The summed E-state index contributed by atoms with van der Waals surface area (Å²) in [6.45, 7) is 9.77. The Labute approximate surface area is 199 Å². The molecule has 7 heteroatoms. The maximum absolute atomic E-state index is 13.2. The third-order valence-corrected chi connectivity index (χ3v) is 6.17. The van der Waals surface area contributed by atoms with Crippen LogP contribution in [-0.2, 0) is 21.9 Å². The second kappa shape index (κ2) is 11.3. The van der Waals surface area contributed by atoms with Crippen LogP contribution in [0.3, 0.4) is 0 Å². The van der Waals surface area contributed by atoms with Crippen molar-refractivity contribution in [1.82, 2.24) is 10.2 Å². The Morgan fingerprint density at radius 2 is 1.84 bits per heavy atom. The van der Waals surface area contributed by atoms with Gasteiger partial charge in [0, 0.05) is 27.9 Å². The molecule has 31 heavy (non-hydrogen) atoms. The highest BCUT2D eigenvalue weighted by Gasteiger charge is 2.28. The van der Waals surface area contributed by atoms with Crippen LogP contribution in [0.25, 0.3) is 0 Å². The zero-order chi connectivity index (χ0) is 23.2. The Bertz CT molecular complexity index is 928. The van der Waals surface area contributed by atoms with Gasteiger partial charge < -0.3 is 10.2 Å². The summed E-state index contributed by atoms with van der Waals surface area (Å²) in [5.74, 6) is 0.688. The number of thioether (sulfide) groups is 1. The molecule has 0 unspecified atom stereocenters. The third kappa shape index (κ3) is 8.40. The summed E-state index contributed by atoms with van der Waals surface area (Å²) in [5.41, 5.74) is 2.72. The molecule has 0 saturated heterocycles. The molecule has 168 valence electrons. The Morgan fingerprint density at radius 1 is 1.13 bits per heavy atom. The monoisotopic (exact) mass is 480 g/mol. The molecule has 2 rings (SSSR count). The van der Waals surface area contributed by atoms with Crippen LogP contribution in [0.1, 0.15) is 44.4 Å². The minimum absolute atomic E-state index is 0.111. The van der Waals surface area contributed by atoms with Crippen molar-refractivity contribution in [2.45, 2.75) is 58.5 Å². The van der Waals surface area contributed by atoms with Gasteiger partial charge in [-0.25, -0.2) is 0 Å². The molecule has 0 radical (unpaired) electrons. The van der Waals surface area contributed by atoms with E-state index in [-0.39, 0.29) is 24.1 Å². The second-order valence-electron chi connectivity index (χ2n) is 8.65. The van der Waals surface area contributed by atoms with E-state index in [4.69, 9.17) is 23.2 Å². The molecule has 1 atom stereocenters. The number of hydrogen-bond donors (Lipinski definition) is 1. The van der Waals surface area contributed by atoms with Crippen LogP contribution < -0.4 is 5.32 Å². The molecule has 2 aromatic carbocycles. The largest absolute Gasteiger partial charge is 0.350 e. The SMILES string of the molecule is Cc1cccc(CSCC(=O)N(Cc2ccc(Cl)cc2Cl)[C@@H](C)C(=O)NC(C)(C)C)c1. The average Bonchev–Trinajstić information content (AvgIpc) is 2.65. The minimum atomic E-state index is -0.641. The summed E-state index contributed by atoms with van der Waals surface area (Å²) in [5, 5.41) is 3.96. The van der Waals surface area contributed by atoms with E-state index in [0.29, 0.717) is 10.0 Å². The van der Waals surface area contributed by atoms with Crippen LogP contribution >= 0.6 is 35.0 Å². The summed E-state index contributed by atoms with van der Waals surface area (Å²) in [6, 6.07) is 12.8. The van der Waals surface area contributed by atoms with Gasteiger partial charge in [0.25, 0.3) is 0 Å². The zero-order valence-corrected chi connectivity index (χ0v) is 21.0. The van der Waals surface area contributed by atoms with Gasteiger partial charge in [-0.2, -0.15) is 0 Å². The molecule has 0 aliphatic heterocycles. The summed E-state index contributed by atoms with van der Waals surface area (Å²) < 4.78 is 0. The van der Waals surface area contributed by atoms with Gasteiger partial charge in [0.2, 0.25) is 11.8 Å². The number of carbonyl (C=O) groups is 2. The summed E-state index contributed by atoms with van der Waals surface area (Å²) in [4.78, 5) is 27.5. The van der Waals surface area contributed by atoms with Crippen LogP contribution in [0.2, 0.25) is 10.0 Å². The number of rotatable bonds is 8. The van der Waals surface area contributed by atoms with Crippen molar-refractivity contribution in [3.63, 3.8) is 0 Å². The molecule has 0 aliphatic rings. The van der Waals surface area contributed by atoms with Crippen LogP contribution in [0.15, 0.2) is 42.5 Å². The van der Waals surface area contributed by atoms with Crippen molar-refractivity contribution in [2.24, 2.45) is 0 Å². The Kier molecular flexibility index (Phi) is 9.28. The topological polar surface area (TPSA) is 49.4 Å². The van der Waals surface area contributed by atoms with Crippen molar-refractivity contribution in [3.8, 4) is 0 Å². The lowest BCUT2D eigenvalue weighted by Gasteiger charge is -2.31. The normalized spacial score (nSPS) is 12.4. The quantitative estimate of drug-likeness (QED) is 0.513. The Hall–Kier alpha value is -1.69. The van der Waals surface area contributed by atoms with E-state index >= 15 is 0 Å². The van der Waals surface area contributed by atoms with Crippen LogP contribution in [0.4, 0.5) is 0 Å². The average molecular weight is 481 g/mol. The van der Waals surface area contributed by atoms with E-state index in [1.807, 2.05) is 39.8 Å². The molecule has 1 N–H and O–H groups in total. The molecule has 0 spiro atoms. The number of amides is 2. The molecule has 0 aromatic heterocycles. The Morgan fingerprint density at radius 3 is 2.45 bits per heavy atom. The molecule has 0 fully saturated rings. The van der Waals surface area contributed by atoms with Crippen molar-refractivity contribution in [1.29, 1.82) is 0 Å². The van der Waals surface area contributed by atoms with E-state index in [1.54, 1.807) is 30.0 Å². The van der Waals surface area contributed by atoms with Gasteiger partial charge in [0.05, 0.1) is 5.75 Å². The van der Waals surface area contributed by atoms with Gasteiger partial charge in [-0.15, -0.1) is 11.8 Å². The number of aryl methyl sites for hydroxylation is 1. The highest BCUT2D eigenvalue weighted by molar-refractivity contribution is 7.99. The smallest absolute Gasteiger partial charge is 0.242 e. The molecule has 0 heterocycles. The van der Waals surface area contributed by atoms with Gasteiger partial charge >= 0.3 is 0 Å². The number of carbonyl (C=O) groups excluding carboxylic acids is 2. The third-order valence-electron chi connectivity index (χ3n) is 4.60. The first-order valence-corrected chi connectivity index (χ1v) is 12.1. The Balaban J connectivity index is 2.14. The first kappa shape index (κ1) is 25.6. The van der Waals surface area contributed by atoms with Crippen LogP contribution in [0, 0.1) is 6.92 Å². The predicted octanol–water partition coefficient (Wildman–Crippen LogP) is 5.87. The lowest BCUT2D eigenvalue weighted by Crippen LogP contribution is -2.52. The molecule has 0 aliphatic carbocycles. The van der Waals surface area contributed by atoms with Crippen molar-refractivity contribution in [3.05, 3.63) is 69.2 Å². The standard InChI is InChI=1S/C24H30Cl2N2O2S/c1-16-7-6-8-18(11-16)14-31-15-22(29)28(17(2)23(30)27-24(3,4)5)13-19-9-10-20(25)12-21(19)26/h6-12,17H,13-15H2,1-5H3,(H,27,30)/t17-/m0/s1. The molecule has 2 aromatic rings. The highest BCUT2D eigenvalue weighted by Crippen LogP contribution is 2.24. The molecule has 0 saturated carbocycles. The van der Waals surface area contributed by atoms with E-state index in [0.717, 1.165) is 11.3 Å². The van der Waals surface area contributed by atoms with Gasteiger partial charge in [-0.3, -0.25) is 9.59 Å². The minimum Gasteiger partial charge on any atom is -0.350 e. The van der Waals surface area contributed by atoms with Gasteiger partial charge in [-0.1, -0.05) is 59.1 Å². The van der Waals surface area contributed by atoms with E-state index in [9.17, 15) is 9.59 Å². The fourth-order valence-electron chi connectivity index (χ4n) is 3.03. The van der Waals surface area contributed by atoms with E-state index < -0.39 is 11.6 Å². The first-order chi connectivity index (χ1) is 14.5. The van der Waals surface area contributed by atoms with Crippen molar-refractivity contribution >= 4 is 46.8 Å². The van der Waals surface area contributed by atoms with Crippen LogP contribution in [0.5, 0.6) is 0 Å². The number of nitrogens with one attached hydrogen (secondary N) is 1. The van der Waals surface area contributed by atoms with Crippen molar-refractivity contribution in [2.75, 3.05) is 5.75 Å². The van der Waals surface area contributed by atoms with E-state index in [2.05, 4.69) is 17.4 Å². The summed E-state index contributed by atoms with van der Waals surface area (Å²) in [7, 11) is 0. The molecule has 2 amide bonds. The lowest BCUT2D eigenvalue weighted by molar-refractivity contribution is -0.139. The molecule has 0 bridgehead atoms. The maximum Gasteiger partial charge on any atom is 0.242 e. The fraction of sp³-hybridized carbons (Fsp3) is 0.417. The van der Waals surface area contributed by atoms with Crippen LogP contribution in [-0.4, -0.2) is 34.0 Å². The molecular formula is C24H30Cl2N2O2S. The van der Waals surface area contributed by atoms with Gasteiger partial charge in [0.15, 0.2) is 0 Å². The predicted molar refractivity (Wildman–Crippen MR) is 132 cm³/mol. The second-order valence-corrected chi connectivity index (χ2v) is 10.5. The fourth-order valence-corrected chi connectivity index (χ4v) is 4.36. The highest BCUT2D eigenvalue weighted by atomic mass is 35.5. The van der Waals surface area contributed by atoms with Crippen molar-refractivity contribution < 1.29 is 9.59 Å². The lowest BCUT2D eigenvalue weighted by atomic mass is 10.1. The summed E-state index contributed by atoms with van der Waals surface area (Å²) >= 11 is 13.9. The number of nitrogens with zero attached hydrogens (tertiary/aromatic N) is 1. The number of halogens is 2. The number of hydrogen-bond acceptors (Lipinski definition) is 3. The maximum atomic E-state index is 13.2.